The van der Waals surface area contributed by atoms with Crippen molar-refractivity contribution in [2.75, 3.05) is 24.3 Å². The lowest BCUT2D eigenvalue weighted by atomic mass is 10.1. The molecule has 0 spiro atoms. The number of methoxy groups -OCH3 is 1. The van der Waals surface area contributed by atoms with Crippen molar-refractivity contribution in [2.45, 2.75) is 6.54 Å². The number of nitrogen functional groups attached to an aromatic ring is 3. The number of nitrogens with zero attached hydrogens (tertiary/aromatic N) is 5. The second kappa shape index (κ2) is 6.03. The Hall–Kier alpha value is -4.06. The lowest BCUT2D eigenvalue weighted by Crippen LogP contribution is -2.06. The highest BCUT2D eigenvalue weighted by Crippen LogP contribution is 2.34. The molecule has 0 amide bonds. The molecule has 27 heavy (non-hydrogen) atoms. The van der Waals surface area contributed by atoms with E-state index < -0.39 is 0 Å². The first-order valence-corrected chi connectivity index (χ1v) is 8.05. The number of fused-ring (bicyclic) bond motifs is 2. The Labute approximate surface area is 154 Å². The number of ether oxygens (including phenoxy) is 1. The average Bonchev–Trinajstić information content (AvgIpc) is 3.05. The van der Waals surface area contributed by atoms with Crippen molar-refractivity contribution in [1.29, 1.82) is 5.26 Å². The molecule has 4 rings (SSSR count). The summed E-state index contributed by atoms with van der Waals surface area (Å²) in [6.45, 7) is 0.541. The van der Waals surface area contributed by atoms with Gasteiger partial charge in [0.2, 0.25) is 0 Å². The van der Waals surface area contributed by atoms with Gasteiger partial charge in [-0.2, -0.15) is 5.26 Å². The summed E-state index contributed by atoms with van der Waals surface area (Å²) in [5, 5.41) is 9.62. The van der Waals surface area contributed by atoms with Crippen molar-refractivity contribution in [3.63, 3.8) is 0 Å². The van der Waals surface area contributed by atoms with Crippen LogP contribution in [0.3, 0.4) is 0 Å². The van der Waals surface area contributed by atoms with Crippen LogP contribution in [0.5, 0.6) is 5.75 Å². The quantitative estimate of drug-likeness (QED) is 0.498. The van der Waals surface area contributed by atoms with E-state index in [0.717, 1.165) is 11.3 Å². The number of nitriles is 1. The third-order valence-corrected chi connectivity index (χ3v) is 4.41. The van der Waals surface area contributed by atoms with E-state index in [2.05, 4.69) is 15.0 Å². The van der Waals surface area contributed by atoms with Gasteiger partial charge >= 0.3 is 0 Å². The van der Waals surface area contributed by atoms with Crippen molar-refractivity contribution in [3.05, 3.63) is 41.7 Å². The fraction of sp³-hybridized carbons (Fsp3) is 0.111. The molecule has 0 aliphatic heterocycles. The van der Waals surface area contributed by atoms with Crippen molar-refractivity contribution in [1.82, 2.24) is 19.5 Å². The molecule has 0 bridgehead atoms. The normalized spacial score (nSPS) is 11.0. The predicted molar refractivity (Wildman–Crippen MR) is 103 cm³/mol. The number of anilines is 3. The first kappa shape index (κ1) is 16.4. The minimum absolute atomic E-state index is 0.0231. The molecule has 9 heteroatoms. The summed E-state index contributed by atoms with van der Waals surface area (Å²) in [6.07, 6.45) is 1.65. The summed E-state index contributed by atoms with van der Waals surface area (Å²) in [5.41, 5.74) is 21.1. The Morgan fingerprint density at radius 3 is 2.52 bits per heavy atom. The lowest BCUT2D eigenvalue weighted by Gasteiger charge is -2.10. The number of hydrogen-bond acceptors (Lipinski definition) is 8. The molecule has 6 N–H and O–H groups in total. The molecule has 0 aliphatic rings. The summed E-state index contributed by atoms with van der Waals surface area (Å²) < 4.78 is 7.04. The number of nitrogens with two attached hydrogens (primary N) is 3. The molecular weight excluding hydrogens is 344 g/mol. The van der Waals surface area contributed by atoms with Crippen LogP contribution >= 0.6 is 0 Å². The number of aromatic nitrogens is 4. The van der Waals surface area contributed by atoms with Crippen molar-refractivity contribution in [2.24, 2.45) is 0 Å². The Balaban J connectivity index is 1.88. The van der Waals surface area contributed by atoms with Gasteiger partial charge in [-0.3, -0.25) is 0 Å². The predicted octanol–water partition coefficient (Wildman–Crippen LogP) is 1.65. The van der Waals surface area contributed by atoms with Gasteiger partial charge in [-0.1, -0.05) is 12.1 Å². The fourth-order valence-electron chi connectivity index (χ4n) is 3.02. The number of rotatable bonds is 3. The Morgan fingerprint density at radius 1 is 1.11 bits per heavy atom. The Bertz CT molecular complexity index is 1220. The first-order chi connectivity index (χ1) is 13.0. The summed E-state index contributed by atoms with van der Waals surface area (Å²) in [7, 11) is 1.62. The third-order valence-electron chi connectivity index (χ3n) is 4.41. The largest absolute Gasteiger partial charge is 0.497 e. The second-order valence-electron chi connectivity index (χ2n) is 6.01. The van der Waals surface area contributed by atoms with Crippen LogP contribution in [-0.4, -0.2) is 26.6 Å². The van der Waals surface area contributed by atoms with E-state index >= 15 is 0 Å². The number of pyridine rings is 2. The maximum absolute atomic E-state index is 9.23. The zero-order valence-corrected chi connectivity index (χ0v) is 14.5. The van der Waals surface area contributed by atoms with Gasteiger partial charge in [-0.25, -0.2) is 15.0 Å². The number of hydrogen-bond donors (Lipinski definition) is 3. The molecule has 1 aromatic carbocycles. The molecule has 0 aliphatic carbocycles. The van der Waals surface area contributed by atoms with Crippen LogP contribution in [0.25, 0.3) is 22.2 Å². The molecule has 3 aromatic heterocycles. The maximum atomic E-state index is 9.23. The molecule has 0 unspecified atom stereocenters. The minimum Gasteiger partial charge on any atom is -0.497 e. The van der Waals surface area contributed by atoms with Gasteiger partial charge in [0.05, 0.1) is 36.7 Å². The van der Waals surface area contributed by atoms with E-state index in [1.165, 1.54) is 0 Å². The van der Waals surface area contributed by atoms with Crippen LogP contribution in [0.15, 0.2) is 30.6 Å². The van der Waals surface area contributed by atoms with Gasteiger partial charge in [-0.05, 0) is 17.7 Å². The monoisotopic (exact) mass is 360 g/mol. The summed E-state index contributed by atoms with van der Waals surface area (Å²) >= 11 is 0. The SMILES string of the molecule is COc1ccc(Cn2cnc3c(N)c4c(N)c(C#N)c(N)nc4nc32)cc1. The van der Waals surface area contributed by atoms with Gasteiger partial charge in [0.25, 0.3) is 0 Å². The standard InChI is InChI=1S/C18H16N8O/c1-27-10-4-2-9(3-5-10)7-26-8-23-15-14(21)12-13(20)11(6-19)16(22)24-17(12)25-18(15)26/h2-5,8H,7H2,1H3,(H6,20,21,22,24,25). The van der Waals surface area contributed by atoms with Gasteiger partial charge in [0.1, 0.15) is 28.7 Å². The van der Waals surface area contributed by atoms with E-state index in [-0.39, 0.29) is 22.7 Å². The summed E-state index contributed by atoms with van der Waals surface area (Å²) in [6, 6.07) is 9.64. The van der Waals surface area contributed by atoms with Crippen LogP contribution in [0.1, 0.15) is 11.1 Å². The van der Waals surface area contributed by atoms with Gasteiger partial charge in [0, 0.05) is 0 Å². The number of imidazole rings is 1. The molecule has 0 saturated carbocycles. The topological polar surface area (TPSA) is 155 Å². The highest BCUT2D eigenvalue weighted by Gasteiger charge is 2.19. The van der Waals surface area contributed by atoms with E-state index in [1.807, 2.05) is 34.9 Å². The van der Waals surface area contributed by atoms with Gasteiger partial charge in [0.15, 0.2) is 11.3 Å². The van der Waals surface area contributed by atoms with Crippen LogP contribution in [0.4, 0.5) is 17.2 Å². The molecule has 0 atom stereocenters. The first-order valence-electron chi connectivity index (χ1n) is 8.05. The zero-order valence-electron chi connectivity index (χ0n) is 14.5. The lowest BCUT2D eigenvalue weighted by molar-refractivity contribution is 0.414. The van der Waals surface area contributed by atoms with E-state index in [4.69, 9.17) is 21.9 Å². The highest BCUT2D eigenvalue weighted by atomic mass is 16.5. The number of benzene rings is 1. The molecule has 134 valence electrons. The Kier molecular flexibility index (Phi) is 3.67. The highest BCUT2D eigenvalue weighted by molar-refractivity contribution is 6.09. The van der Waals surface area contributed by atoms with Crippen molar-refractivity contribution >= 4 is 39.4 Å². The third kappa shape index (κ3) is 2.51. The van der Waals surface area contributed by atoms with Crippen LogP contribution in [0.2, 0.25) is 0 Å². The molecule has 9 nitrogen and oxygen atoms in total. The molecule has 4 aromatic rings. The van der Waals surface area contributed by atoms with Crippen LogP contribution in [-0.2, 0) is 6.54 Å². The molecular formula is C18H16N8O. The Morgan fingerprint density at radius 2 is 1.85 bits per heavy atom. The maximum Gasteiger partial charge on any atom is 0.168 e. The van der Waals surface area contributed by atoms with Crippen molar-refractivity contribution < 1.29 is 4.74 Å². The molecule has 3 heterocycles. The van der Waals surface area contributed by atoms with E-state index in [1.54, 1.807) is 13.4 Å². The second-order valence-corrected chi connectivity index (χ2v) is 6.01. The van der Waals surface area contributed by atoms with Crippen molar-refractivity contribution in [3.8, 4) is 11.8 Å². The summed E-state index contributed by atoms with van der Waals surface area (Å²) in [4.78, 5) is 13.1. The smallest absolute Gasteiger partial charge is 0.168 e. The van der Waals surface area contributed by atoms with Gasteiger partial charge < -0.3 is 26.5 Å². The van der Waals surface area contributed by atoms with E-state index in [0.29, 0.717) is 28.8 Å². The zero-order chi connectivity index (χ0) is 19.1. The molecule has 0 fully saturated rings. The van der Waals surface area contributed by atoms with Gasteiger partial charge in [-0.15, -0.1) is 0 Å². The van der Waals surface area contributed by atoms with Crippen LogP contribution < -0.4 is 21.9 Å². The summed E-state index contributed by atoms with van der Waals surface area (Å²) in [5.74, 6) is 0.806. The molecule has 0 saturated heterocycles. The molecule has 0 radical (unpaired) electrons. The fourth-order valence-corrected chi connectivity index (χ4v) is 3.02. The van der Waals surface area contributed by atoms with E-state index in [9.17, 15) is 5.26 Å². The minimum atomic E-state index is 0.0231. The van der Waals surface area contributed by atoms with Crippen LogP contribution in [0, 0.1) is 11.3 Å². The average molecular weight is 360 g/mol.